The first-order chi connectivity index (χ1) is 8.16. The third-order valence-corrected chi connectivity index (χ3v) is 2.86. The Morgan fingerprint density at radius 2 is 1.18 bits per heavy atom. The number of fused-ring (bicyclic) bond motifs is 2. The molecule has 3 rings (SSSR count). The van der Waals surface area contributed by atoms with Crippen LogP contribution in [0.15, 0.2) is 42.5 Å². The van der Waals surface area contributed by atoms with Crippen LogP contribution in [-0.4, -0.2) is 0 Å². The van der Waals surface area contributed by atoms with Gasteiger partial charge in [-0.1, -0.05) is 12.1 Å². The predicted molar refractivity (Wildman–Crippen MR) is 61.3 cm³/mol. The van der Waals surface area contributed by atoms with Crippen molar-refractivity contribution in [1.82, 2.24) is 0 Å². The highest BCUT2D eigenvalue weighted by Crippen LogP contribution is 2.28. The summed E-state index contributed by atoms with van der Waals surface area (Å²) in [6.45, 7) is 0. The van der Waals surface area contributed by atoms with E-state index >= 15 is 0 Å². The maximum atomic E-state index is 13.5. The molecule has 0 saturated carbocycles. The molecule has 0 heterocycles. The van der Waals surface area contributed by atoms with Gasteiger partial charge >= 0.3 is 0 Å². The lowest BCUT2D eigenvalue weighted by Gasteiger charge is -2.05. The zero-order valence-electron chi connectivity index (χ0n) is 8.68. The molecule has 0 unspecified atom stereocenters. The number of benzene rings is 3. The van der Waals surface area contributed by atoms with Crippen molar-refractivity contribution in [2.45, 2.75) is 0 Å². The van der Waals surface area contributed by atoms with Gasteiger partial charge in [0.1, 0.15) is 17.5 Å². The summed E-state index contributed by atoms with van der Waals surface area (Å²) in [5, 5.41) is 1.12. The summed E-state index contributed by atoms with van der Waals surface area (Å²) in [5.74, 6) is -1.49. The maximum Gasteiger partial charge on any atom is 0.131 e. The number of halogens is 3. The number of hydrogen-bond acceptors (Lipinski definition) is 0. The van der Waals surface area contributed by atoms with Crippen LogP contribution in [0.4, 0.5) is 13.2 Å². The first-order valence-electron chi connectivity index (χ1n) is 5.13. The zero-order chi connectivity index (χ0) is 12.0. The van der Waals surface area contributed by atoms with E-state index in [0.717, 1.165) is 12.1 Å². The van der Waals surface area contributed by atoms with Crippen molar-refractivity contribution in [2.75, 3.05) is 0 Å². The molecule has 3 heteroatoms. The Morgan fingerprint density at radius 3 is 1.88 bits per heavy atom. The molecule has 84 valence electrons. The Hall–Kier alpha value is -2.03. The minimum atomic E-state index is -0.549. The predicted octanol–water partition coefficient (Wildman–Crippen LogP) is 4.41. The number of rotatable bonds is 0. The van der Waals surface area contributed by atoms with Crippen molar-refractivity contribution in [3.05, 3.63) is 59.9 Å². The minimum absolute atomic E-state index is 0.0996. The fourth-order valence-corrected chi connectivity index (χ4v) is 2.01. The first-order valence-corrected chi connectivity index (χ1v) is 5.13. The van der Waals surface area contributed by atoms with Gasteiger partial charge in [0.25, 0.3) is 0 Å². The molecule has 0 nitrogen and oxygen atoms in total. The highest BCUT2D eigenvalue weighted by molar-refractivity contribution is 5.98. The first kappa shape index (κ1) is 10.1. The lowest BCUT2D eigenvalue weighted by molar-refractivity contribution is 0.617. The van der Waals surface area contributed by atoms with Crippen LogP contribution in [0.2, 0.25) is 0 Å². The van der Waals surface area contributed by atoms with E-state index in [1.54, 1.807) is 12.1 Å². The molecule has 0 radical (unpaired) electrons. The van der Waals surface area contributed by atoms with E-state index in [4.69, 9.17) is 0 Å². The molecule has 0 bridgehead atoms. The molecule has 3 aromatic rings. The van der Waals surface area contributed by atoms with Gasteiger partial charge in [-0.2, -0.15) is 0 Å². The Labute approximate surface area is 95.3 Å². The van der Waals surface area contributed by atoms with Gasteiger partial charge in [-0.3, -0.25) is 0 Å². The van der Waals surface area contributed by atoms with Gasteiger partial charge in [-0.15, -0.1) is 0 Å². The minimum Gasteiger partial charge on any atom is -0.206 e. The van der Waals surface area contributed by atoms with Gasteiger partial charge in [0.05, 0.1) is 0 Å². The Kier molecular flexibility index (Phi) is 2.08. The second kappa shape index (κ2) is 3.48. The van der Waals surface area contributed by atoms with Crippen molar-refractivity contribution in [1.29, 1.82) is 0 Å². The smallest absolute Gasteiger partial charge is 0.131 e. The maximum absolute atomic E-state index is 13.5. The summed E-state index contributed by atoms with van der Waals surface area (Å²) in [6.07, 6.45) is 0. The molecular formula is C14H7F3. The molecule has 0 atom stereocenters. The Morgan fingerprint density at radius 1 is 0.588 bits per heavy atom. The largest absolute Gasteiger partial charge is 0.206 e. The molecule has 0 aliphatic rings. The fourth-order valence-electron chi connectivity index (χ4n) is 2.01. The van der Waals surface area contributed by atoms with Crippen LogP contribution < -0.4 is 0 Å². The van der Waals surface area contributed by atoms with Crippen LogP contribution in [0, 0.1) is 17.5 Å². The quantitative estimate of drug-likeness (QED) is 0.503. The van der Waals surface area contributed by atoms with E-state index in [1.165, 1.54) is 18.2 Å². The molecule has 3 aromatic carbocycles. The second-order valence-corrected chi connectivity index (χ2v) is 3.89. The average Bonchev–Trinajstić information content (AvgIpc) is 2.33. The van der Waals surface area contributed by atoms with Gasteiger partial charge in [-0.05, 0) is 35.7 Å². The third-order valence-electron chi connectivity index (χ3n) is 2.86. The van der Waals surface area contributed by atoms with Crippen molar-refractivity contribution in [2.24, 2.45) is 0 Å². The normalized spacial score (nSPS) is 11.2. The summed E-state index contributed by atoms with van der Waals surface area (Å²) in [7, 11) is 0. The standard InChI is InChI=1S/C14H7F3/c15-12-3-1-2-8-6-10-11(7-9(8)12)14(17)5-4-13(10)16/h1-7H. The Balaban J connectivity index is 2.57. The topological polar surface area (TPSA) is 0 Å². The molecule has 0 fully saturated rings. The third kappa shape index (κ3) is 1.46. The molecular weight excluding hydrogens is 225 g/mol. The Bertz CT molecular complexity index is 732. The van der Waals surface area contributed by atoms with Crippen LogP contribution >= 0.6 is 0 Å². The zero-order valence-corrected chi connectivity index (χ0v) is 8.68. The lowest BCUT2D eigenvalue weighted by Crippen LogP contribution is -1.87. The second-order valence-electron chi connectivity index (χ2n) is 3.89. The number of hydrogen-bond donors (Lipinski definition) is 0. The molecule has 0 amide bonds. The summed E-state index contributed by atoms with van der Waals surface area (Å²) in [4.78, 5) is 0. The molecule has 0 N–H and O–H groups in total. The van der Waals surface area contributed by atoms with Crippen LogP contribution in [0.3, 0.4) is 0 Å². The molecule has 0 aliphatic carbocycles. The monoisotopic (exact) mass is 232 g/mol. The summed E-state index contributed by atoms with van der Waals surface area (Å²) >= 11 is 0. The van der Waals surface area contributed by atoms with Crippen LogP contribution in [0.1, 0.15) is 0 Å². The van der Waals surface area contributed by atoms with Crippen molar-refractivity contribution in [3.8, 4) is 0 Å². The van der Waals surface area contributed by atoms with Gasteiger partial charge in [0.15, 0.2) is 0 Å². The van der Waals surface area contributed by atoms with E-state index in [9.17, 15) is 13.2 Å². The van der Waals surface area contributed by atoms with Gasteiger partial charge in [0, 0.05) is 16.2 Å². The lowest BCUT2D eigenvalue weighted by atomic mass is 10.0. The van der Waals surface area contributed by atoms with Gasteiger partial charge in [0.2, 0.25) is 0 Å². The van der Waals surface area contributed by atoms with Gasteiger partial charge < -0.3 is 0 Å². The average molecular weight is 232 g/mol. The molecule has 17 heavy (non-hydrogen) atoms. The van der Waals surface area contributed by atoms with Crippen molar-refractivity contribution < 1.29 is 13.2 Å². The van der Waals surface area contributed by atoms with Crippen molar-refractivity contribution >= 4 is 21.5 Å². The van der Waals surface area contributed by atoms with Crippen molar-refractivity contribution in [3.63, 3.8) is 0 Å². The fraction of sp³-hybridized carbons (Fsp3) is 0. The van der Waals surface area contributed by atoms with Crippen LogP contribution in [0.25, 0.3) is 21.5 Å². The van der Waals surface area contributed by atoms with E-state index in [1.807, 2.05) is 0 Å². The van der Waals surface area contributed by atoms with E-state index < -0.39 is 17.5 Å². The van der Waals surface area contributed by atoms with E-state index in [-0.39, 0.29) is 10.8 Å². The molecule has 0 saturated heterocycles. The molecule has 0 aromatic heterocycles. The van der Waals surface area contributed by atoms with Crippen LogP contribution in [-0.2, 0) is 0 Å². The summed E-state index contributed by atoms with van der Waals surface area (Å²) < 4.78 is 40.6. The highest BCUT2D eigenvalue weighted by atomic mass is 19.1. The molecule has 0 aliphatic heterocycles. The van der Waals surface area contributed by atoms with E-state index in [0.29, 0.717) is 10.8 Å². The van der Waals surface area contributed by atoms with Crippen LogP contribution in [0.5, 0.6) is 0 Å². The molecule has 0 spiro atoms. The summed E-state index contributed by atoms with van der Waals surface area (Å²) in [6, 6.07) is 9.44. The van der Waals surface area contributed by atoms with Gasteiger partial charge in [-0.25, -0.2) is 13.2 Å². The highest BCUT2D eigenvalue weighted by Gasteiger charge is 2.09. The summed E-state index contributed by atoms with van der Waals surface area (Å²) in [5.41, 5.74) is 0. The van der Waals surface area contributed by atoms with E-state index in [2.05, 4.69) is 0 Å². The SMILES string of the molecule is Fc1cccc2cc3c(F)ccc(F)c3cc12.